The molecule has 1 saturated carbocycles. The normalized spacial score (nSPS) is 16.6. The van der Waals surface area contributed by atoms with Crippen LogP contribution in [0.5, 0.6) is 0 Å². The number of hydrogen-bond donors (Lipinski definition) is 0. The maximum atomic E-state index is 12.5. The van der Waals surface area contributed by atoms with Gasteiger partial charge in [-0.15, -0.1) is 10.2 Å². The lowest BCUT2D eigenvalue weighted by Crippen LogP contribution is -2.06. The van der Waals surface area contributed by atoms with Crippen LogP contribution in [0.1, 0.15) is 59.4 Å². The van der Waals surface area contributed by atoms with Gasteiger partial charge in [-0.2, -0.15) is 0 Å². The number of carbonyl (C=O) groups excluding carboxylic acids is 1. The zero-order valence-corrected chi connectivity index (χ0v) is 14.2. The van der Waals surface area contributed by atoms with Crippen molar-refractivity contribution in [2.75, 3.05) is 5.75 Å². The fourth-order valence-corrected chi connectivity index (χ4v) is 4.21. The molecule has 0 amide bonds. The van der Waals surface area contributed by atoms with Crippen LogP contribution >= 0.6 is 11.8 Å². The summed E-state index contributed by atoms with van der Waals surface area (Å²) >= 11 is 1.51. The van der Waals surface area contributed by atoms with E-state index in [1.54, 1.807) is 0 Å². The van der Waals surface area contributed by atoms with Crippen LogP contribution in [0.4, 0.5) is 0 Å². The van der Waals surface area contributed by atoms with E-state index in [9.17, 15) is 4.79 Å². The van der Waals surface area contributed by atoms with Gasteiger partial charge in [0, 0.05) is 18.0 Å². The Labute approximate surface area is 140 Å². The zero-order chi connectivity index (χ0) is 15.8. The van der Waals surface area contributed by atoms with E-state index in [4.69, 9.17) is 0 Å². The Hall–Kier alpha value is -1.62. The molecule has 5 heteroatoms. The van der Waals surface area contributed by atoms with Crippen LogP contribution in [0.2, 0.25) is 0 Å². The average molecular weight is 327 g/mol. The van der Waals surface area contributed by atoms with Crippen LogP contribution < -0.4 is 0 Å². The summed E-state index contributed by atoms with van der Waals surface area (Å²) in [4.78, 5) is 12.5. The molecule has 0 bridgehead atoms. The number of benzene rings is 1. The molecule has 4 nitrogen and oxygen atoms in total. The number of nitrogens with zero attached hydrogens (tertiary/aromatic N) is 3. The molecule has 1 fully saturated rings. The van der Waals surface area contributed by atoms with E-state index in [-0.39, 0.29) is 5.78 Å². The minimum atomic E-state index is 0.184. The minimum absolute atomic E-state index is 0.184. The average Bonchev–Trinajstić information content (AvgIpc) is 3.17. The third-order valence-corrected chi connectivity index (χ3v) is 5.72. The maximum Gasteiger partial charge on any atom is 0.191 e. The fourth-order valence-electron chi connectivity index (χ4n) is 3.31. The van der Waals surface area contributed by atoms with E-state index in [1.165, 1.54) is 42.2 Å². The van der Waals surface area contributed by atoms with Gasteiger partial charge in [-0.3, -0.25) is 4.79 Å². The third kappa shape index (κ3) is 2.94. The molecule has 0 unspecified atom stereocenters. The second kappa shape index (κ2) is 6.11. The number of thioether (sulfide) groups is 1. The van der Waals surface area contributed by atoms with Crippen LogP contribution in [0.3, 0.4) is 0 Å². The van der Waals surface area contributed by atoms with Crippen LogP contribution in [0.15, 0.2) is 23.4 Å². The molecule has 0 aliphatic heterocycles. The highest BCUT2D eigenvalue weighted by molar-refractivity contribution is 7.99. The summed E-state index contributed by atoms with van der Waals surface area (Å²) < 4.78 is 2.16. The standard InChI is InChI=1S/C18H21N3OS/c1-2-21-17(13-7-8-13)19-20-18(21)23-11-16(22)15-9-6-12-4-3-5-14(12)10-15/h6,9-10,13H,2-5,7-8,11H2,1H3. The zero-order valence-electron chi connectivity index (χ0n) is 13.4. The largest absolute Gasteiger partial charge is 0.306 e. The van der Waals surface area contributed by atoms with Crippen molar-refractivity contribution in [1.82, 2.24) is 14.8 Å². The summed E-state index contributed by atoms with van der Waals surface area (Å²) in [7, 11) is 0. The van der Waals surface area contributed by atoms with Gasteiger partial charge in [-0.1, -0.05) is 23.9 Å². The van der Waals surface area contributed by atoms with Gasteiger partial charge < -0.3 is 4.57 Å². The molecule has 4 rings (SSSR count). The van der Waals surface area contributed by atoms with Gasteiger partial charge in [0.15, 0.2) is 10.9 Å². The Bertz CT molecular complexity index is 749. The van der Waals surface area contributed by atoms with Crippen molar-refractivity contribution in [1.29, 1.82) is 0 Å². The Kier molecular flexibility index (Phi) is 3.97. The summed E-state index contributed by atoms with van der Waals surface area (Å²) in [6.07, 6.45) is 5.92. The number of ketones is 1. The van der Waals surface area contributed by atoms with Gasteiger partial charge in [0.25, 0.3) is 0 Å². The number of hydrogen-bond acceptors (Lipinski definition) is 4. The van der Waals surface area contributed by atoms with Crippen molar-refractivity contribution in [3.63, 3.8) is 0 Å². The summed E-state index contributed by atoms with van der Waals surface area (Å²) in [5.74, 6) is 2.30. The van der Waals surface area contributed by atoms with Gasteiger partial charge in [-0.05, 0) is 56.2 Å². The molecule has 23 heavy (non-hydrogen) atoms. The minimum Gasteiger partial charge on any atom is -0.306 e. The Morgan fingerprint density at radius 3 is 2.87 bits per heavy atom. The number of rotatable bonds is 6. The van der Waals surface area contributed by atoms with E-state index in [2.05, 4.69) is 33.8 Å². The van der Waals surface area contributed by atoms with Crippen molar-refractivity contribution in [2.45, 2.75) is 56.6 Å². The van der Waals surface area contributed by atoms with Crippen LogP contribution in [0.25, 0.3) is 0 Å². The molecule has 0 radical (unpaired) electrons. The van der Waals surface area contributed by atoms with E-state index in [0.717, 1.165) is 35.9 Å². The number of aromatic nitrogens is 3. The highest BCUT2D eigenvalue weighted by atomic mass is 32.2. The van der Waals surface area contributed by atoms with Crippen LogP contribution in [-0.4, -0.2) is 26.3 Å². The molecule has 2 aliphatic carbocycles. The first-order chi connectivity index (χ1) is 11.3. The summed E-state index contributed by atoms with van der Waals surface area (Å²) in [6.45, 7) is 2.98. The summed E-state index contributed by atoms with van der Waals surface area (Å²) in [5, 5.41) is 9.50. The lowest BCUT2D eigenvalue weighted by Gasteiger charge is -2.07. The smallest absolute Gasteiger partial charge is 0.191 e. The van der Waals surface area contributed by atoms with Crippen molar-refractivity contribution in [3.8, 4) is 0 Å². The first-order valence-electron chi connectivity index (χ1n) is 8.47. The predicted octanol–water partition coefficient (Wildman–Crippen LogP) is 3.64. The Morgan fingerprint density at radius 2 is 2.09 bits per heavy atom. The quantitative estimate of drug-likeness (QED) is 0.600. The van der Waals surface area contributed by atoms with E-state index < -0.39 is 0 Å². The number of aryl methyl sites for hydroxylation is 2. The lowest BCUT2D eigenvalue weighted by molar-refractivity contribution is 0.102. The van der Waals surface area contributed by atoms with Crippen molar-refractivity contribution < 1.29 is 4.79 Å². The van der Waals surface area contributed by atoms with Crippen molar-refractivity contribution >= 4 is 17.5 Å². The van der Waals surface area contributed by atoms with E-state index >= 15 is 0 Å². The van der Waals surface area contributed by atoms with Crippen LogP contribution in [-0.2, 0) is 19.4 Å². The molecule has 1 aromatic carbocycles. The first-order valence-corrected chi connectivity index (χ1v) is 9.45. The van der Waals surface area contributed by atoms with Crippen LogP contribution in [0, 0.1) is 0 Å². The molecule has 120 valence electrons. The van der Waals surface area contributed by atoms with Crippen molar-refractivity contribution in [2.24, 2.45) is 0 Å². The molecule has 1 heterocycles. The second-order valence-electron chi connectivity index (χ2n) is 6.41. The molecule has 2 aliphatic rings. The molecule has 0 N–H and O–H groups in total. The highest BCUT2D eigenvalue weighted by Gasteiger charge is 2.30. The molecule has 1 aromatic heterocycles. The molecular formula is C18H21N3OS. The monoisotopic (exact) mass is 327 g/mol. The highest BCUT2D eigenvalue weighted by Crippen LogP contribution is 2.40. The Morgan fingerprint density at radius 1 is 1.26 bits per heavy atom. The third-order valence-electron chi connectivity index (χ3n) is 4.76. The fraction of sp³-hybridized carbons (Fsp3) is 0.500. The van der Waals surface area contributed by atoms with Crippen molar-refractivity contribution in [3.05, 3.63) is 40.7 Å². The number of carbonyl (C=O) groups is 1. The molecule has 0 saturated heterocycles. The van der Waals surface area contributed by atoms with E-state index in [1.807, 2.05) is 6.07 Å². The van der Waals surface area contributed by atoms with Gasteiger partial charge in [-0.25, -0.2) is 0 Å². The molecule has 2 aromatic rings. The SMILES string of the molecule is CCn1c(SCC(=O)c2ccc3c(c2)CCC3)nnc1C1CC1. The number of Topliss-reactive ketones (excluding diaryl/α,β-unsaturated/α-hetero) is 1. The predicted molar refractivity (Wildman–Crippen MR) is 91.2 cm³/mol. The van der Waals surface area contributed by atoms with Gasteiger partial charge in [0.05, 0.1) is 5.75 Å². The maximum absolute atomic E-state index is 12.5. The molecular weight excluding hydrogens is 306 g/mol. The lowest BCUT2D eigenvalue weighted by atomic mass is 10.0. The van der Waals surface area contributed by atoms with Gasteiger partial charge >= 0.3 is 0 Å². The van der Waals surface area contributed by atoms with E-state index in [0.29, 0.717) is 11.7 Å². The van der Waals surface area contributed by atoms with Gasteiger partial charge in [0.1, 0.15) is 5.82 Å². The second-order valence-corrected chi connectivity index (χ2v) is 7.35. The topological polar surface area (TPSA) is 47.8 Å². The summed E-state index contributed by atoms with van der Waals surface area (Å²) in [5.41, 5.74) is 3.60. The Balaban J connectivity index is 1.45. The first kappa shape index (κ1) is 14.9. The molecule has 0 spiro atoms. The van der Waals surface area contributed by atoms with Gasteiger partial charge in [0.2, 0.25) is 0 Å². The summed E-state index contributed by atoms with van der Waals surface area (Å²) in [6, 6.07) is 6.19. The number of fused-ring (bicyclic) bond motifs is 1. The molecule has 0 atom stereocenters.